The third-order valence-corrected chi connectivity index (χ3v) is 11.1. The number of para-hydroxylation sites is 1. The van der Waals surface area contributed by atoms with Gasteiger partial charge in [0.2, 0.25) is 0 Å². The van der Waals surface area contributed by atoms with Crippen LogP contribution in [-0.4, -0.2) is 19.3 Å². The Morgan fingerprint density at radius 1 is 0.719 bits per heavy atom. The third-order valence-electron chi connectivity index (χ3n) is 11.1. The Hall–Kier alpha value is -4.50. The van der Waals surface area contributed by atoms with Gasteiger partial charge in [-0.2, -0.15) is 11.2 Å². The van der Waals surface area contributed by atoms with Gasteiger partial charge < -0.3 is 9.30 Å². The van der Waals surface area contributed by atoms with Crippen LogP contribution in [0.25, 0.3) is 44.4 Å². The zero-order valence-electron chi connectivity index (χ0n) is 36.0. The molecule has 3 aromatic heterocycles. The molecule has 0 N–H and O–H groups in total. The Morgan fingerprint density at radius 2 is 1.40 bits per heavy atom. The summed E-state index contributed by atoms with van der Waals surface area (Å²) < 4.78 is 11.0. The molecule has 4 aromatic carbocycles. The molecule has 0 saturated heterocycles. The van der Waals surface area contributed by atoms with Gasteiger partial charge in [0.05, 0.1) is 5.69 Å². The summed E-state index contributed by atoms with van der Waals surface area (Å²) in [6.45, 7) is 29.3. The Kier molecular flexibility index (Phi) is 12.1. The van der Waals surface area contributed by atoms with E-state index in [1.165, 1.54) is 33.4 Å². The first-order valence-corrected chi connectivity index (χ1v) is 20.4. The van der Waals surface area contributed by atoms with Crippen LogP contribution >= 0.6 is 0 Å². The van der Waals surface area contributed by atoms with Crippen LogP contribution in [-0.2, 0) is 32.3 Å². The van der Waals surface area contributed by atoms with E-state index in [2.05, 4.69) is 178 Å². The fourth-order valence-electron chi connectivity index (χ4n) is 8.09. The van der Waals surface area contributed by atoms with Crippen molar-refractivity contribution in [2.45, 2.75) is 120 Å². The first-order valence-electron chi connectivity index (χ1n) is 20.4. The van der Waals surface area contributed by atoms with E-state index < -0.39 is 0 Å². The second-order valence-electron chi connectivity index (χ2n) is 18.0. The summed E-state index contributed by atoms with van der Waals surface area (Å²) in [7, 11) is 0. The van der Waals surface area contributed by atoms with Crippen LogP contribution in [0.15, 0.2) is 79.0 Å². The van der Waals surface area contributed by atoms with Gasteiger partial charge in [-0.05, 0) is 106 Å². The molecule has 0 aliphatic heterocycles. The average molecular weight is 849 g/mol. The topological polar surface area (TPSA) is 44.9 Å². The van der Waals surface area contributed by atoms with E-state index in [-0.39, 0.29) is 25.8 Å². The Bertz CT molecular complexity index is 2530. The van der Waals surface area contributed by atoms with Crippen LogP contribution in [0.1, 0.15) is 133 Å². The predicted molar refractivity (Wildman–Crippen MR) is 234 cm³/mol. The van der Waals surface area contributed by atoms with Crippen LogP contribution in [0.5, 0.6) is 11.5 Å². The number of hydrogen-bond acceptors (Lipinski definition) is 3. The van der Waals surface area contributed by atoms with Gasteiger partial charge in [-0.3, -0.25) is 4.68 Å². The van der Waals surface area contributed by atoms with Gasteiger partial charge in [-0.25, -0.2) is 4.98 Å². The minimum Gasteiger partial charge on any atom is -0.509 e. The van der Waals surface area contributed by atoms with Crippen LogP contribution in [0, 0.1) is 31.9 Å². The number of aryl methyl sites for hydroxylation is 1. The van der Waals surface area contributed by atoms with Crippen LogP contribution in [0.3, 0.4) is 0 Å². The van der Waals surface area contributed by atoms with Gasteiger partial charge in [-0.1, -0.05) is 112 Å². The SMILES string of the molecule is Cc1nn(-c2[c-]c(Oc3[c-]c4c(cc3)c3ccccc3n4-c3cc(CC(C)C)ccn3)cc(C(C)(C)C)c2)c(C)c1-c1c(C(C)C)cc(C(C)C)cc1C(C)C.[Pd+2]. The largest absolute Gasteiger partial charge is 2.00 e. The van der Waals surface area contributed by atoms with Crippen molar-refractivity contribution in [3.8, 4) is 34.1 Å². The molecule has 0 fully saturated rings. The molecule has 5 nitrogen and oxygen atoms in total. The smallest absolute Gasteiger partial charge is 0.509 e. The van der Waals surface area contributed by atoms with E-state index in [1.54, 1.807) is 0 Å². The fourth-order valence-corrected chi connectivity index (χ4v) is 8.09. The second kappa shape index (κ2) is 16.4. The molecule has 0 aliphatic rings. The molecule has 0 unspecified atom stereocenters. The normalized spacial score (nSPS) is 12.2. The molecule has 0 amide bonds. The molecule has 7 aromatic rings. The van der Waals surface area contributed by atoms with Gasteiger partial charge in [0, 0.05) is 34.5 Å². The number of fused-ring (bicyclic) bond motifs is 3. The third kappa shape index (κ3) is 8.27. The minimum atomic E-state index is -0.143. The van der Waals surface area contributed by atoms with Gasteiger partial charge >= 0.3 is 20.4 Å². The maximum absolute atomic E-state index is 6.76. The molecule has 0 aliphatic carbocycles. The van der Waals surface area contributed by atoms with Crippen molar-refractivity contribution in [1.29, 1.82) is 0 Å². The van der Waals surface area contributed by atoms with E-state index in [0.717, 1.165) is 56.7 Å². The van der Waals surface area contributed by atoms with E-state index in [4.69, 9.17) is 14.8 Å². The summed E-state index contributed by atoms with van der Waals surface area (Å²) in [4.78, 5) is 4.85. The summed E-state index contributed by atoms with van der Waals surface area (Å²) in [5.41, 5.74) is 13.9. The summed E-state index contributed by atoms with van der Waals surface area (Å²) in [5, 5.41) is 7.50. The number of benzene rings is 4. The van der Waals surface area contributed by atoms with Crippen molar-refractivity contribution in [2.75, 3.05) is 0 Å². The number of nitrogens with zero attached hydrogens (tertiary/aromatic N) is 4. The number of rotatable bonds is 10. The Labute approximate surface area is 354 Å². The van der Waals surface area contributed by atoms with Crippen molar-refractivity contribution in [3.63, 3.8) is 0 Å². The average Bonchev–Trinajstić information content (AvgIpc) is 3.62. The number of hydrogen-bond donors (Lipinski definition) is 0. The monoisotopic (exact) mass is 848 g/mol. The van der Waals surface area contributed by atoms with Crippen molar-refractivity contribution in [3.05, 3.63) is 130 Å². The molecule has 298 valence electrons. The maximum atomic E-state index is 6.76. The molecule has 0 saturated carbocycles. The fraction of sp³-hybridized carbons (Fsp3) is 0.373. The Morgan fingerprint density at radius 3 is 2.04 bits per heavy atom. The number of ether oxygens (including phenoxy) is 1. The molecule has 3 heterocycles. The van der Waals surface area contributed by atoms with Gasteiger partial charge in [0.1, 0.15) is 5.82 Å². The molecular weight excluding hydrogens is 791 g/mol. The standard InChI is InChI=1S/C51H58N4O.Pd/c1-30(2)22-36-20-21-52-48(23-36)54-46-17-15-14-16-42(46)43-19-18-40(29-47(43)54)56-41-27-38(51(11,12)13)26-39(28-41)55-35(10)49(34(9)53-55)50-44(32(5)6)24-37(31(3)4)25-45(50)33(7)8;/h14-21,23-27,30-33H,22H2,1-13H3;/q-2;+2. The first kappa shape index (κ1) is 42.1. The zero-order chi connectivity index (χ0) is 40.2. The second-order valence-corrected chi connectivity index (χ2v) is 18.0. The molecule has 57 heavy (non-hydrogen) atoms. The van der Waals surface area contributed by atoms with Gasteiger partial charge in [0.25, 0.3) is 0 Å². The maximum Gasteiger partial charge on any atom is 2.00 e. The summed E-state index contributed by atoms with van der Waals surface area (Å²) in [6, 6.07) is 33.5. The molecule has 0 bridgehead atoms. The van der Waals surface area contributed by atoms with Gasteiger partial charge in [0.15, 0.2) is 0 Å². The van der Waals surface area contributed by atoms with Crippen LogP contribution < -0.4 is 4.74 Å². The van der Waals surface area contributed by atoms with E-state index in [0.29, 0.717) is 35.2 Å². The molecular formula is C51H58N4OPd. The van der Waals surface area contributed by atoms with Crippen LogP contribution in [0.2, 0.25) is 0 Å². The minimum absolute atomic E-state index is 0. The Balaban J connectivity index is 0.00000549. The molecule has 0 radical (unpaired) electrons. The quantitative estimate of drug-likeness (QED) is 0.102. The molecule has 7 rings (SSSR count). The van der Waals surface area contributed by atoms with Crippen molar-refractivity contribution >= 4 is 21.8 Å². The predicted octanol–water partition coefficient (Wildman–Crippen LogP) is 13.9. The van der Waals surface area contributed by atoms with E-state index >= 15 is 0 Å². The molecule has 0 spiro atoms. The summed E-state index contributed by atoms with van der Waals surface area (Å²) >= 11 is 0. The van der Waals surface area contributed by atoms with Gasteiger partial charge in [-0.15, -0.1) is 41.3 Å². The number of pyridine rings is 1. The molecule has 0 atom stereocenters. The van der Waals surface area contributed by atoms with Crippen molar-refractivity contribution in [1.82, 2.24) is 19.3 Å². The zero-order valence-corrected chi connectivity index (χ0v) is 37.6. The number of aromatic nitrogens is 4. The summed E-state index contributed by atoms with van der Waals surface area (Å²) in [5.74, 6) is 3.87. The van der Waals surface area contributed by atoms with Crippen molar-refractivity contribution < 1.29 is 25.2 Å². The van der Waals surface area contributed by atoms with Crippen LogP contribution in [0.4, 0.5) is 0 Å². The van der Waals surface area contributed by atoms with E-state index in [1.807, 2.05) is 12.3 Å². The summed E-state index contributed by atoms with van der Waals surface area (Å²) in [6.07, 6.45) is 2.91. The molecule has 6 heteroatoms. The first-order chi connectivity index (χ1) is 26.5. The van der Waals surface area contributed by atoms with Crippen molar-refractivity contribution in [2.24, 2.45) is 5.92 Å². The van der Waals surface area contributed by atoms with E-state index in [9.17, 15) is 0 Å².